The molecule has 0 aliphatic rings. The molecule has 2 heterocycles. The number of aryl methyl sites for hydroxylation is 1. The molecule has 3 aromatic rings. The number of rotatable bonds is 2. The molecule has 0 aliphatic heterocycles. The van der Waals surface area contributed by atoms with E-state index in [1.54, 1.807) is 19.2 Å². The van der Waals surface area contributed by atoms with Crippen LogP contribution in [-0.4, -0.2) is 32.0 Å². The Hall–Kier alpha value is -3.41. The molecule has 0 aliphatic carbocycles. The number of nitrogens with one attached hydrogen (secondary N) is 1. The van der Waals surface area contributed by atoms with Crippen LogP contribution in [0.4, 0.5) is 13.2 Å². The van der Waals surface area contributed by atoms with Gasteiger partial charge in [-0.25, -0.2) is 9.50 Å². The zero-order valence-corrected chi connectivity index (χ0v) is 13.5. The SMILES string of the molecule is Cc1ccnc2nc(C(=O)NCC#Cc3cccc(C(F)(F)F)c3)nn12. The van der Waals surface area contributed by atoms with Crippen LogP contribution in [0.25, 0.3) is 5.78 Å². The number of carbonyl (C=O) groups is 1. The fourth-order valence-corrected chi connectivity index (χ4v) is 2.13. The minimum Gasteiger partial charge on any atom is -0.338 e. The normalized spacial score (nSPS) is 11.1. The summed E-state index contributed by atoms with van der Waals surface area (Å²) >= 11 is 0. The van der Waals surface area contributed by atoms with E-state index in [0.717, 1.165) is 17.8 Å². The third kappa shape index (κ3) is 3.80. The highest BCUT2D eigenvalue weighted by molar-refractivity contribution is 5.90. The summed E-state index contributed by atoms with van der Waals surface area (Å²) in [7, 11) is 0. The summed E-state index contributed by atoms with van der Waals surface area (Å²) in [5, 5.41) is 6.54. The average Bonchev–Trinajstić information content (AvgIpc) is 3.04. The molecule has 3 rings (SSSR count). The molecule has 0 spiro atoms. The number of hydrogen-bond donors (Lipinski definition) is 1. The molecule has 1 N–H and O–H groups in total. The lowest BCUT2D eigenvalue weighted by molar-refractivity contribution is -0.137. The summed E-state index contributed by atoms with van der Waals surface area (Å²) in [5.74, 6) is 4.86. The largest absolute Gasteiger partial charge is 0.416 e. The molecule has 0 fully saturated rings. The Labute approximate surface area is 146 Å². The first kappa shape index (κ1) is 17.4. The highest BCUT2D eigenvalue weighted by atomic mass is 19.4. The number of halogens is 3. The molecule has 1 aromatic carbocycles. The predicted octanol–water partition coefficient (Wildman–Crippen LogP) is 2.23. The molecule has 0 bridgehead atoms. The number of amides is 1. The Morgan fingerprint density at radius 2 is 2.12 bits per heavy atom. The van der Waals surface area contributed by atoms with Crippen LogP contribution in [0.5, 0.6) is 0 Å². The molecule has 0 atom stereocenters. The van der Waals surface area contributed by atoms with E-state index in [1.807, 2.05) is 0 Å². The maximum absolute atomic E-state index is 12.6. The van der Waals surface area contributed by atoms with Crippen LogP contribution in [-0.2, 0) is 6.18 Å². The van der Waals surface area contributed by atoms with E-state index < -0.39 is 17.6 Å². The third-order valence-corrected chi connectivity index (χ3v) is 3.39. The third-order valence-electron chi connectivity index (χ3n) is 3.39. The summed E-state index contributed by atoms with van der Waals surface area (Å²) in [6.45, 7) is 1.74. The fraction of sp³-hybridized carbons (Fsp3) is 0.176. The highest BCUT2D eigenvalue weighted by Gasteiger charge is 2.30. The summed E-state index contributed by atoms with van der Waals surface area (Å²) < 4.78 is 39.4. The second-order valence-corrected chi connectivity index (χ2v) is 5.30. The van der Waals surface area contributed by atoms with Gasteiger partial charge >= 0.3 is 6.18 Å². The van der Waals surface area contributed by atoms with Crippen molar-refractivity contribution in [2.45, 2.75) is 13.1 Å². The van der Waals surface area contributed by atoms with Crippen molar-refractivity contribution >= 4 is 11.7 Å². The van der Waals surface area contributed by atoms with Crippen molar-refractivity contribution in [2.75, 3.05) is 6.54 Å². The van der Waals surface area contributed by atoms with Crippen LogP contribution in [0.2, 0.25) is 0 Å². The summed E-state index contributed by atoms with van der Waals surface area (Å²) in [5.41, 5.74) is 0.204. The standard InChI is InChI=1S/C17H12F3N5O/c1-11-7-9-22-16-23-14(24-25(11)16)15(26)21-8-3-5-12-4-2-6-13(10-12)17(18,19)20/h2,4,6-7,9-10H,8H2,1H3,(H,21,26). The highest BCUT2D eigenvalue weighted by Crippen LogP contribution is 2.29. The van der Waals surface area contributed by atoms with Crippen LogP contribution in [0.1, 0.15) is 27.4 Å². The van der Waals surface area contributed by atoms with Gasteiger partial charge in [-0.2, -0.15) is 18.2 Å². The lowest BCUT2D eigenvalue weighted by Gasteiger charge is -2.05. The quantitative estimate of drug-likeness (QED) is 0.713. The van der Waals surface area contributed by atoms with E-state index in [4.69, 9.17) is 0 Å². The fourth-order valence-electron chi connectivity index (χ4n) is 2.13. The number of hydrogen-bond acceptors (Lipinski definition) is 4. The number of aromatic nitrogens is 4. The summed E-state index contributed by atoms with van der Waals surface area (Å²) in [6.07, 6.45) is -2.87. The lowest BCUT2D eigenvalue weighted by atomic mass is 10.1. The van der Waals surface area contributed by atoms with Gasteiger partial charge in [0.05, 0.1) is 12.1 Å². The molecular weight excluding hydrogens is 347 g/mol. The van der Waals surface area contributed by atoms with Crippen LogP contribution in [0, 0.1) is 18.8 Å². The molecule has 6 nitrogen and oxygen atoms in total. The van der Waals surface area contributed by atoms with E-state index in [9.17, 15) is 18.0 Å². The first-order valence-electron chi connectivity index (χ1n) is 7.47. The van der Waals surface area contributed by atoms with Gasteiger partial charge in [0.2, 0.25) is 5.82 Å². The zero-order chi connectivity index (χ0) is 18.7. The molecule has 9 heteroatoms. The van der Waals surface area contributed by atoms with Gasteiger partial charge in [-0.1, -0.05) is 17.9 Å². The van der Waals surface area contributed by atoms with Crippen molar-refractivity contribution in [3.8, 4) is 11.8 Å². The summed E-state index contributed by atoms with van der Waals surface area (Å²) in [6, 6.07) is 6.39. The molecule has 0 saturated carbocycles. The van der Waals surface area contributed by atoms with Crippen LogP contribution >= 0.6 is 0 Å². The van der Waals surface area contributed by atoms with E-state index in [2.05, 4.69) is 32.2 Å². The van der Waals surface area contributed by atoms with Crippen molar-refractivity contribution in [1.29, 1.82) is 0 Å². The van der Waals surface area contributed by atoms with Gasteiger partial charge in [-0.05, 0) is 31.2 Å². The Morgan fingerprint density at radius 1 is 1.31 bits per heavy atom. The van der Waals surface area contributed by atoms with Crippen LogP contribution in [0.15, 0.2) is 36.5 Å². The van der Waals surface area contributed by atoms with Gasteiger partial charge in [-0.15, -0.1) is 5.10 Å². The van der Waals surface area contributed by atoms with Gasteiger partial charge in [0.1, 0.15) is 0 Å². The minimum absolute atomic E-state index is 0.0585. The van der Waals surface area contributed by atoms with Gasteiger partial charge < -0.3 is 5.32 Å². The number of benzene rings is 1. The summed E-state index contributed by atoms with van der Waals surface area (Å²) in [4.78, 5) is 20.0. The maximum atomic E-state index is 12.6. The molecule has 132 valence electrons. The molecule has 0 radical (unpaired) electrons. The van der Waals surface area contributed by atoms with Crippen molar-refractivity contribution < 1.29 is 18.0 Å². The van der Waals surface area contributed by atoms with Crippen molar-refractivity contribution in [3.63, 3.8) is 0 Å². The van der Waals surface area contributed by atoms with Gasteiger partial charge in [-0.3, -0.25) is 4.79 Å². The second kappa shape index (κ2) is 6.84. The lowest BCUT2D eigenvalue weighted by Crippen LogP contribution is -2.24. The minimum atomic E-state index is -4.42. The van der Waals surface area contributed by atoms with Gasteiger partial charge in [0, 0.05) is 17.5 Å². The topological polar surface area (TPSA) is 72.2 Å². The smallest absolute Gasteiger partial charge is 0.338 e. The molecule has 0 unspecified atom stereocenters. The Kier molecular flexibility index (Phi) is 4.58. The van der Waals surface area contributed by atoms with E-state index in [0.29, 0.717) is 5.78 Å². The Balaban J connectivity index is 1.66. The molecular formula is C17H12F3N5O. The Bertz CT molecular complexity index is 1030. The number of fused-ring (bicyclic) bond motifs is 1. The van der Waals surface area contributed by atoms with E-state index in [-0.39, 0.29) is 17.9 Å². The van der Waals surface area contributed by atoms with Crippen molar-refractivity contribution in [2.24, 2.45) is 0 Å². The number of alkyl halides is 3. The van der Waals surface area contributed by atoms with Crippen molar-refractivity contribution in [1.82, 2.24) is 24.9 Å². The first-order chi connectivity index (χ1) is 12.3. The van der Waals surface area contributed by atoms with E-state index in [1.165, 1.54) is 16.6 Å². The number of carbonyl (C=O) groups excluding carboxylic acids is 1. The van der Waals surface area contributed by atoms with Gasteiger partial charge in [0.25, 0.3) is 11.7 Å². The molecule has 1 amide bonds. The van der Waals surface area contributed by atoms with Crippen molar-refractivity contribution in [3.05, 3.63) is 59.2 Å². The molecule has 2 aromatic heterocycles. The Morgan fingerprint density at radius 3 is 2.85 bits per heavy atom. The van der Waals surface area contributed by atoms with Gasteiger partial charge in [0.15, 0.2) is 0 Å². The molecule has 0 saturated heterocycles. The zero-order valence-electron chi connectivity index (χ0n) is 13.5. The van der Waals surface area contributed by atoms with Crippen LogP contribution in [0.3, 0.4) is 0 Å². The average molecular weight is 359 g/mol. The monoisotopic (exact) mass is 359 g/mol. The molecule has 26 heavy (non-hydrogen) atoms. The van der Waals surface area contributed by atoms with Crippen LogP contribution < -0.4 is 5.32 Å². The predicted molar refractivity (Wildman–Crippen MR) is 86.2 cm³/mol. The van der Waals surface area contributed by atoms with E-state index >= 15 is 0 Å². The maximum Gasteiger partial charge on any atom is 0.416 e. The number of nitrogens with zero attached hydrogens (tertiary/aromatic N) is 4. The second-order valence-electron chi connectivity index (χ2n) is 5.30. The first-order valence-corrected chi connectivity index (χ1v) is 7.47.